The van der Waals surface area contributed by atoms with Crippen molar-refractivity contribution in [3.05, 3.63) is 73.3 Å². The zero-order valence-electron chi connectivity index (χ0n) is 17.3. The summed E-state index contributed by atoms with van der Waals surface area (Å²) in [5.74, 6) is -0.614. The van der Waals surface area contributed by atoms with Gasteiger partial charge in [-0.2, -0.15) is 0 Å². The highest BCUT2D eigenvalue weighted by Gasteiger charge is 2.33. The summed E-state index contributed by atoms with van der Waals surface area (Å²) in [6.45, 7) is 4.10. The lowest BCUT2D eigenvalue weighted by Gasteiger charge is -2.19. The lowest BCUT2D eigenvalue weighted by Crippen LogP contribution is -2.34. The summed E-state index contributed by atoms with van der Waals surface area (Å²) >= 11 is 7.04. The third kappa shape index (κ3) is 4.21. The van der Waals surface area contributed by atoms with Crippen LogP contribution in [0.2, 0.25) is 4.34 Å². The zero-order chi connectivity index (χ0) is 23.0. The third-order valence-electron chi connectivity index (χ3n) is 5.12. The monoisotopic (exact) mass is 473 g/mol. The number of aromatic hydroxyl groups is 1. The van der Waals surface area contributed by atoms with Gasteiger partial charge in [0, 0.05) is 11.9 Å². The average Bonchev–Trinajstić information content (AvgIpc) is 3.34. The van der Waals surface area contributed by atoms with Crippen LogP contribution in [0.3, 0.4) is 0 Å². The first-order valence-electron chi connectivity index (χ1n) is 9.78. The molecule has 0 radical (unpaired) electrons. The molecule has 0 aliphatic carbocycles. The zero-order valence-corrected chi connectivity index (χ0v) is 18.9. The van der Waals surface area contributed by atoms with E-state index in [4.69, 9.17) is 16.3 Å². The number of nitrogens with one attached hydrogen (secondary N) is 1. The molecule has 2 N–H and O–H groups in total. The maximum atomic E-state index is 12.5. The van der Waals surface area contributed by atoms with Gasteiger partial charge in [0.1, 0.15) is 6.10 Å². The van der Waals surface area contributed by atoms with Crippen molar-refractivity contribution in [1.29, 1.82) is 0 Å². The summed E-state index contributed by atoms with van der Waals surface area (Å²) in [7, 11) is 0. The molecule has 8 nitrogen and oxygen atoms in total. The van der Waals surface area contributed by atoms with E-state index in [1.165, 1.54) is 26.9 Å². The van der Waals surface area contributed by atoms with Crippen LogP contribution in [0.5, 0.6) is 5.75 Å². The molecule has 2 amide bonds. The number of nitrogens with zero attached hydrogens (tertiary/aromatic N) is 2. The first-order valence-corrected chi connectivity index (χ1v) is 11.0. The van der Waals surface area contributed by atoms with Gasteiger partial charge in [-0.25, -0.2) is 4.79 Å². The van der Waals surface area contributed by atoms with E-state index in [0.717, 1.165) is 11.1 Å². The molecule has 2 aromatic heterocycles. The Morgan fingerprint density at radius 2 is 1.97 bits per heavy atom. The van der Waals surface area contributed by atoms with Crippen molar-refractivity contribution in [2.45, 2.75) is 20.0 Å². The van der Waals surface area contributed by atoms with Crippen molar-refractivity contribution in [2.75, 3.05) is 18.0 Å². The maximum absolute atomic E-state index is 12.5. The number of halogens is 1. The van der Waals surface area contributed by atoms with Crippen LogP contribution in [0.25, 0.3) is 5.69 Å². The number of carbonyl (C=O) groups excluding carboxylic acids is 2. The second-order valence-corrected chi connectivity index (χ2v) is 9.14. The number of thiophene rings is 1. The minimum Gasteiger partial charge on any atom is -0.503 e. The Kier molecular flexibility index (Phi) is 5.94. The molecule has 1 aliphatic heterocycles. The van der Waals surface area contributed by atoms with Crippen LogP contribution >= 0.6 is 22.9 Å². The molecule has 0 saturated carbocycles. The Labute approximate surface area is 192 Å². The summed E-state index contributed by atoms with van der Waals surface area (Å²) in [5, 5.41) is 12.5. The number of hydrogen-bond acceptors (Lipinski definition) is 6. The molecule has 3 heterocycles. The van der Waals surface area contributed by atoms with E-state index in [1.54, 1.807) is 36.5 Å². The van der Waals surface area contributed by atoms with Crippen LogP contribution in [-0.2, 0) is 4.74 Å². The number of aryl methyl sites for hydroxylation is 2. The predicted molar refractivity (Wildman–Crippen MR) is 122 cm³/mol. The fourth-order valence-corrected chi connectivity index (χ4v) is 4.66. The lowest BCUT2D eigenvalue weighted by atomic mass is 10.1. The summed E-state index contributed by atoms with van der Waals surface area (Å²) < 4.78 is 7.31. The number of benzene rings is 1. The van der Waals surface area contributed by atoms with Crippen molar-refractivity contribution in [1.82, 2.24) is 9.88 Å². The van der Waals surface area contributed by atoms with E-state index in [9.17, 15) is 19.5 Å². The van der Waals surface area contributed by atoms with E-state index >= 15 is 0 Å². The van der Waals surface area contributed by atoms with Gasteiger partial charge < -0.3 is 15.2 Å². The van der Waals surface area contributed by atoms with Crippen LogP contribution < -0.4 is 15.8 Å². The highest BCUT2D eigenvalue weighted by Crippen LogP contribution is 2.29. The van der Waals surface area contributed by atoms with Crippen LogP contribution in [0.15, 0.2) is 47.4 Å². The molecule has 1 atom stereocenters. The normalized spacial score (nSPS) is 15.7. The molecule has 166 valence electrons. The highest BCUT2D eigenvalue weighted by molar-refractivity contribution is 7.18. The minimum absolute atomic E-state index is 0.172. The number of amides is 2. The van der Waals surface area contributed by atoms with Gasteiger partial charge in [-0.3, -0.25) is 19.1 Å². The van der Waals surface area contributed by atoms with Crippen LogP contribution in [-0.4, -0.2) is 40.9 Å². The second kappa shape index (κ2) is 8.68. The minimum atomic E-state index is -0.519. The van der Waals surface area contributed by atoms with Crippen molar-refractivity contribution < 1.29 is 19.4 Å². The molecule has 0 bridgehead atoms. The molecular formula is C22H20ClN3O5S. The standard InChI is InChI=1S/C22H20ClN3O5S/c1-12-8-14(9-13(2)19(12)25-7-3-4-16(27)21(25)29)26-11-15(31-22(26)30)10-24-20(28)17-5-6-18(23)32-17/h3-9,15,27H,10-11H2,1-2H3,(H,24,28)/t15-/m0/s1. The topological polar surface area (TPSA) is 101 Å². The van der Waals surface area contributed by atoms with Gasteiger partial charge in [0.25, 0.3) is 11.5 Å². The third-order valence-corrected chi connectivity index (χ3v) is 6.35. The molecule has 0 spiro atoms. The number of aromatic nitrogens is 1. The Hall–Kier alpha value is -3.30. The summed E-state index contributed by atoms with van der Waals surface area (Å²) in [5.41, 5.74) is 2.26. The number of ether oxygens (including phenoxy) is 1. The van der Waals surface area contributed by atoms with Gasteiger partial charge >= 0.3 is 6.09 Å². The van der Waals surface area contributed by atoms with E-state index in [-0.39, 0.29) is 24.7 Å². The number of rotatable bonds is 5. The first-order chi connectivity index (χ1) is 15.2. The Balaban J connectivity index is 1.50. The maximum Gasteiger partial charge on any atom is 0.414 e. The van der Waals surface area contributed by atoms with Crippen LogP contribution in [0.4, 0.5) is 10.5 Å². The molecular weight excluding hydrogens is 454 g/mol. The van der Waals surface area contributed by atoms with Gasteiger partial charge in [0.05, 0.1) is 28.0 Å². The molecule has 1 aliphatic rings. The van der Waals surface area contributed by atoms with Gasteiger partial charge in [-0.15, -0.1) is 11.3 Å². The molecule has 10 heteroatoms. The SMILES string of the molecule is Cc1cc(N2C[C@H](CNC(=O)c3ccc(Cl)s3)OC2=O)cc(C)c1-n1cccc(O)c1=O. The van der Waals surface area contributed by atoms with Gasteiger partial charge in [-0.1, -0.05) is 11.6 Å². The smallest absolute Gasteiger partial charge is 0.414 e. The Morgan fingerprint density at radius 3 is 2.62 bits per heavy atom. The molecule has 4 rings (SSSR count). The molecule has 32 heavy (non-hydrogen) atoms. The highest BCUT2D eigenvalue weighted by atomic mass is 35.5. The van der Waals surface area contributed by atoms with E-state index < -0.39 is 17.8 Å². The van der Waals surface area contributed by atoms with E-state index in [0.29, 0.717) is 20.6 Å². The number of pyridine rings is 1. The van der Waals surface area contributed by atoms with E-state index in [2.05, 4.69) is 5.32 Å². The van der Waals surface area contributed by atoms with Gasteiger partial charge in [0.15, 0.2) is 5.75 Å². The summed E-state index contributed by atoms with van der Waals surface area (Å²) in [6.07, 6.45) is 0.570. The summed E-state index contributed by atoms with van der Waals surface area (Å²) in [4.78, 5) is 39.0. The van der Waals surface area contributed by atoms with Gasteiger partial charge in [0.2, 0.25) is 0 Å². The van der Waals surface area contributed by atoms with Crippen molar-refractivity contribution in [3.8, 4) is 11.4 Å². The van der Waals surface area contributed by atoms with Crippen molar-refractivity contribution >= 4 is 40.6 Å². The van der Waals surface area contributed by atoms with Crippen molar-refractivity contribution in [2.24, 2.45) is 0 Å². The Morgan fingerprint density at radius 1 is 1.25 bits per heavy atom. The average molecular weight is 474 g/mol. The first kappa shape index (κ1) is 21.9. The largest absolute Gasteiger partial charge is 0.503 e. The molecule has 3 aromatic rings. The van der Waals surface area contributed by atoms with E-state index in [1.807, 2.05) is 13.8 Å². The molecule has 0 unspecified atom stereocenters. The lowest BCUT2D eigenvalue weighted by molar-refractivity contribution is 0.0920. The Bertz CT molecular complexity index is 1250. The molecule has 1 fully saturated rings. The molecule has 1 aromatic carbocycles. The molecule has 1 saturated heterocycles. The number of anilines is 1. The number of cyclic esters (lactones) is 1. The van der Waals surface area contributed by atoms with Crippen LogP contribution in [0.1, 0.15) is 20.8 Å². The van der Waals surface area contributed by atoms with Crippen LogP contribution in [0, 0.1) is 13.8 Å². The fraction of sp³-hybridized carbons (Fsp3) is 0.227. The fourth-order valence-electron chi connectivity index (χ4n) is 3.70. The number of carbonyl (C=O) groups is 2. The summed E-state index contributed by atoms with van der Waals surface area (Å²) in [6, 6.07) is 9.79. The quantitative estimate of drug-likeness (QED) is 0.589. The van der Waals surface area contributed by atoms with Crippen molar-refractivity contribution in [3.63, 3.8) is 0 Å². The van der Waals surface area contributed by atoms with Gasteiger partial charge in [-0.05, 0) is 61.4 Å². The number of hydrogen-bond donors (Lipinski definition) is 2. The second-order valence-electron chi connectivity index (χ2n) is 7.43. The predicted octanol–water partition coefficient (Wildman–Crippen LogP) is 3.63.